The van der Waals surface area contributed by atoms with Crippen LogP contribution in [0.5, 0.6) is 0 Å². The first kappa shape index (κ1) is 17.6. The highest BCUT2D eigenvalue weighted by atomic mass is 35.5. The lowest BCUT2D eigenvalue weighted by atomic mass is 10.2. The number of rotatable bonds is 5. The van der Waals surface area contributed by atoms with Crippen molar-refractivity contribution in [2.24, 2.45) is 0 Å². The average molecular weight is 394 g/mol. The standard InChI is InChI=1S/C16H13Cl2N5OS/c17-11-6-7-12(18)13(8-11)20-14-15(24)23(19)16(22-21-14)25-9-10-4-2-1-3-5-10/h1-8H,9,19H2,(H,20,21). The Morgan fingerprint density at radius 1 is 1.12 bits per heavy atom. The van der Waals surface area contributed by atoms with E-state index in [1.807, 2.05) is 30.3 Å². The third kappa shape index (κ3) is 4.25. The highest BCUT2D eigenvalue weighted by Gasteiger charge is 2.12. The topological polar surface area (TPSA) is 85.8 Å². The van der Waals surface area contributed by atoms with E-state index < -0.39 is 5.56 Å². The van der Waals surface area contributed by atoms with Crippen LogP contribution >= 0.6 is 35.0 Å². The molecular weight excluding hydrogens is 381 g/mol. The Morgan fingerprint density at radius 3 is 2.64 bits per heavy atom. The molecule has 3 aromatic rings. The molecule has 2 aromatic carbocycles. The van der Waals surface area contributed by atoms with Crippen molar-refractivity contribution in [3.8, 4) is 0 Å². The monoisotopic (exact) mass is 393 g/mol. The fourth-order valence-electron chi connectivity index (χ4n) is 2.00. The van der Waals surface area contributed by atoms with Crippen molar-refractivity contribution >= 4 is 46.5 Å². The van der Waals surface area contributed by atoms with E-state index in [2.05, 4.69) is 15.5 Å². The molecule has 0 fully saturated rings. The van der Waals surface area contributed by atoms with Gasteiger partial charge in [0.15, 0.2) is 0 Å². The van der Waals surface area contributed by atoms with Gasteiger partial charge in [0.25, 0.3) is 0 Å². The van der Waals surface area contributed by atoms with Crippen molar-refractivity contribution in [2.75, 3.05) is 11.2 Å². The number of nitrogens with two attached hydrogens (primary N) is 1. The maximum Gasteiger partial charge on any atom is 0.315 e. The van der Waals surface area contributed by atoms with Crippen molar-refractivity contribution in [1.82, 2.24) is 14.9 Å². The molecule has 0 aliphatic heterocycles. The van der Waals surface area contributed by atoms with Gasteiger partial charge in [0, 0.05) is 10.8 Å². The van der Waals surface area contributed by atoms with Crippen molar-refractivity contribution in [2.45, 2.75) is 10.9 Å². The van der Waals surface area contributed by atoms with E-state index >= 15 is 0 Å². The van der Waals surface area contributed by atoms with E-state index in [9.17, 15) is 4.79 Å². The molecule has 3 N–H and O–H groups in total. The van der Waals surface area contributed by atoms with E-state index in [1.165, 1.54) is 11.8 Å². The number of anilines is 2. The number of nitrogens with zero attached hydrogens (tertiary/aromatic N) is 3. The molecule has 0 aliphatic rings. The maximum atomic E-state index is 12.4. The van der Waals surface area contributed by atoms with E-state index in [0.717, 1.165) is 10.2 Å². The third-order valence-corrected chi connectivity index (χ3v) is 4.83. The van der Waals surface area contributed by atoms with Crippen LogP contribution in [0.2, 0.25) is 10.0 Å². The largest absolute Gasteiger partial charge is 0.334 e. The van der Waals surface area contributed by atoms with Gasteiger partial charge in [-0.05, 0) is 23.8 Å². The number of hydrogen-bond acceptors (Lipinski definition) is 6. The predicted octanol–water partition coefficient (Wildman–Crippen LogP) is 3.69. The molecule has 0 unspecified atom stereocenters. The summed E-state index contributed by atoms with van der Waals surface area (Å²) in [5.74, 6) is 6.44. The minimum atomic E-state index is -0.512. The van der Waals surface area contributed by atoms with Crippen LogP contribution in [-0.4, -0.2) is 14.9 Å². The smallest absolute Gasteiger partial charge is 0.315 e. The zero-order valence-electron chi connectivity index (χ0n) is 12.8. The Labute approximate surface area is 157 Å². The zero-order valence-corrected chi connectivity index (χ0v) is 15.1. The molecule has 0 atom stereocenters. The van der Waals surface area contributed by atoms with Gasteiger partial charge in [-0.2, -0.15) is 4.68 Å². The van der Waals surface area contributed by atoms with Crippen LogP contribution in [0.25, 0.3) is 0 Å². The van der Waals surface area contributed by atoms with Gasteiger partial charge in [-0.25, -0.2) is 0 Å². The molecule has 0 amide bonds. The van der Waals surface area contributed by atoms with Gasteiger partial charge in [-0.3, -0.25) is 4.79 Å². The van der Waals surface area contributed by atoms with E-state index in [1.54, 1.807) is 18.2 Å². The molecule has 1 aromatic heterocycles. The SMILES string of the molecule is Nn1c(SCc2ccccc2)nnc(Nc2cc(Cl)ccc2Cl)c1=O. The minimum Gasteiger partial charge on any atom is -0.334 e. The van der Waals surface area contributed by atoms with Crippen LogP contribution in [-0.2, 0) is 5.75 Å². The second kappa shape index (κ2) is 7.77. The highest BCUT2D eigenvalue weighted by Crippen LogP contribution is 2.27. The first-order valence-electron chi connectivity index (χ1n) is 7.18. The Kier molecular flexibility index (Phi) is 5.47. The fourth-order valence-corrected chi connectivity index (χ4v) is 3.15. The van der Waals surface area contributed by atoms with E-state index in [4.69, 9.17) is 29.0 Å². The molecule has 0 saturated carbocycles. The minimum absolute atomic E-state index is 0.0317. The van der Waals surface area contributed by atoms with Gasteiger partial charge >= 0.3 is 5.56 Å². The zero-order chi connectivity index (χ0) is 17.8. The summed E-state index contributed by atoms with van der Waals surface area (Å²) in [4.78, 5) is 12.4. The Balaban J connectivity index is 1.80. The molecule has 3 rings (SSSR count). The summed E-state index contributed by atoms with van der Waals surface area (Å²) in [7, 11) is 0. The number of nitrogen functional groups attached to an aromatic ring is 1. The highest BCUT2D eigenvalue weighted by molar-refractivity contribution is 7.98. The summed E-state index contributed by atoms with van der Waals surface area (Å²) in [6, 6.07) is 14.6. The Hall–Kier alpha value is -2.22. The predicted molar refractivity (Wildman–Crippen MR) is 102 cm³/mol. The molecule has 9 heteroatoms. The van der Waals surface area contributed by atoms with Crippen LogP contribution in [0.4, 0.5) is 11.5 Å². The molecular formula is C16H13Cl2N5OS. The molecule has 0 aliphatic carbocycles. The summed E-state index contributed by atoms with van der Waals surface area (Å²) in [5.41, 5.74) is 1.03. The molecule has 25 heavy (non-hydrogen) atoms. The fraction of sp³-hybridized carbons (Fsp3) is 0.0625. The summed E-state index contributed by atoms with van der Waals surface area (Å²) in [6.07, 6.45) is 0. The number of halogens is 2. The summed E-state index contributed by atoms with van der Waals surface area (Å²) >= 11 is 13.3. The van der Waals surface area contributed by atoms with E-state index in [-0.39, 0.29) is 5.82 Å². The number of aromatic nitrogens is 3. The van der Waals surface area contributed by atoms with Crippen molar-refractivity contribution in [3.05, 3.63) is 74.5 Å². The van der Waals surface area contributed by atoms with Gasteiger partial charge < -0.3 is 11.2 Å². The van der Waals surface area contributed by atoms with Crippen molar-refractivity contribution < 1.29 is 0 Å². The lowest BCUT2D eigenvalue weighted by Crippen LogP contribution is -2.32. The summed E-state index contributed by atoms with van der Waals surface area (Å²) in [6.45, 7) is 0. The Bertz CT molecular complexity index is 949. The third-order valence-electron chi connectivity index (χ3n) is 3.26. The van der Waals surface area contributed by atoms with E-state index in [0.29, 0.717) is 26.6 Å². The van der Waals surface area contributed by atoms with Gasteiger partial charge in [0.2, 0.25) is 11.0 Å². The normalized spacial score (nSPS) is 10.6. The van der Waals surface area contributed by atoms with Crippen LogP contribution in [0.1, 0.15) is 5.56 Å². The van der Waals surface area contributed by atoms with Gasteiger partial charge in [0.1, 0.15) is 0 Å². The van der Waals surface area contributed by atoms with Gasteiger partial charge in [-0.1, -0.05) is 65.3 Å². The molecule has 128 valence electrons. The number of nitrogens with one attached hydrogen (secondary N) is 1. The number of thioether (sulfide) groups is 1. The van der Waals surface area contributed by atoms with Crippen molar-refractivity contribution in [1.29, 1.82) is 0 Å². The molecule has 6 nitrogen and oxygen atoms in total. The maximum absolute atomic E-state index is 12.4. The van der Waals surface area contributed by atoms with Crippen LogP contribution < -0.4 is 16.7 Å². The van der Waals surface area contributed by atoms with Crippen LogP contribution in [0.15, 0.2) is 58.5 Å². The average Bonchev–Trinajstić information content (AvgIpc) is 2.62. The molecule has 0 bridgehead atoms. The summed E-state index contributed by atoms with van der Waals surface area (Å²) < 4.78 is 0.960. The van der Waals surface area contributed by atoms with Crippen molar-refractivity contribution in [3.63, 3.8) is 0 Å². The first-order chi connectivity index (χ1) is 12.0. The van der Waals surface area contributed by atoms with Gasteiger partial charge in [0.05, 0.1) is 10.7 Å². The first-order valence-corrected chi connectivity index (χ1v) is 8.92. The van der Waals surface area contributed by atoms with Crippen LogP contribution in [0.3, 0.4) is 0 Å². The quantitative estimate of drug-likeness (QED) is 0.507. The molecule has 0 saturated heterocycles. The second-order valence-corrected chi connectivity index (χ2v) is 6.82. The Morgan fingerprint density at radius 2 is 1.88 bits per heavy atom. The number of benzene rings is 2. The summed E-state index contributed by atoms with van der Waals surface area (Å²) in [5, 5.41) is 11.9. The lowest BCUT2D eigenvalue weighted by molar-refractivity contribution is 0.705. The molecule has 0 spiro atoms. The van der Waals surface area contributed by atoms with Crippen LogP contribution in [0, 0.1) is 0 Å². The molecule has 1 heterocycles. The lowest BCUT2D eigenvalue weighted by Gasteiger charge is -2.10. The molecule has 0 radical (unpaired) electrons. The van der Waals surface area contributed by atoms with Gasteiger partial charge in [-0.15, -0.1) is 10.2 Å². The number of hydrogen-bond donors (Lipinski definition) is 2. The second-order valence-electron chi connectivity index (χ2n) is 5.03.